The average Bonchev–Trinajstić information content (AvgIpc) is 3.13. The molecule has 5 nitrogen and oxygen atoms in total. The summed E-state index contributed by atoms with van der Waals surface area (Å²) in [6.07, 6.45) is 0.920. The average molecular weight is 340 g/mol. The Bertz CT molecular complexity index is 766. The van der Waals surface area contributed by atoms with E-state index in [2.05, 4.69) is 0 Å². The van der Waals surface area contributed by atoms with Gasteiger partial charge in [-0.05, 0) is 48.7 Å². The maximum Gasteiger partial charge on any atom is 0.253 e. The van der Waals surface area contributed by atoms with Crippen LogP contribution in [-0.2, 0) is 0 Å². The van der Waals surface area contributed by atoms with Gasteiger partial charge >= 0.3 is 0 Å². The minimum absolute atomic E-state index is 0.0315. The topological polar surface area (TPSA) is 64.8 Å². The lowest BCUT2D eigenvalue weighted by Gasteiger charge is -2.18. The molecule has 0 aliphatic carbocycles. The lowest BCUT2D eigenvalue weighted by molar-refractivity contribution is 0.0791. The Balaban J connectivity index is 1.77. The zero-order valence-corrected chi connectivity index (χ0v) is 14.9. The third-order valence-electron chi connectivity index (χ3n) is 4.85. The van der Waals surface area contributed by atoms with E-state index in [0.717, 1.165) is 35.6 Å². The van der Waals surface area contributed by atoms with Gasteiger partial charge in [-0.1, -0.05) is 6.07 Å². The summed E-state index contributed by atoms with van der Waals surface area (Å²) in [6.45, 7) is 3.35. The van der Waals surface area contributed by atoms with E-state index in [1.54, 1.807) is 20.3 Å². The van der Waals surface area contributed by atoms with Crippen LogP contribution in [0.5, 0.6) is 11.5 Å². The molecule has 2 N–H and O–H groups in total. The number of hydrogen-bond donors (Lipinski definition) is 1. The van der Waals surface area contributed by atoms with Gasteiger partial charge in [-0.2, -0.15) is 0 Å². The molecule has 1 fully saturated rings. The number of carbonyl (C=O) groups is 1. The number of rotatable bonds is 4. The quantitative estimate of drug-likeness (QED) is 0.868. The molecule has 3 rings (SSSR count). The first-order valence-electron chi connectivity index (χ1n) is 8.40. The number of aryl methyl sites for hydroxylation is 1. The Kier molecular flexibility index (Phi) is 4.83. The largest absolute Gasteiger partial charge is 0.497 e. The number of benzene rings is 2. The molecular weight excluding hydrogens is 316 g/mol. The number of anilines is 1. The van der Waals surface area contributed by atoms with Crippen LogP contribution < -0.4 is 15.2 Å². The maximum atomic E-state index is 12.8. The molecular formula is C20H24N2O3. The minimum atomic E-state index is 0.0315. The second kappa shape index (κ2) is 7.05. The van der Waals surface area contributed by atoms with E-state index in [1.165, 1.54) is 0 Å². The summed E-state index contributed by atoms with van der Waals surface area (Å²) in [5, 5.41) is 0. The predicted molar refractivity (Wildman–Crippen MR) is 98.4 cm³/mol. The lowest BCUT2D eigenvalue weighted by atomic mass is 9.98. The van der Waals surface area contributed by atoms with Crippen molar-refractivity contribution in [2.45, 2.75) is 19.3 Å². The van der Waals surface area contributed by atoms with E-state index in [9.17, 15) is 4.79 Å². The summed E-state index contributed by atoms with van der Waals surface area (Å²) in [7, 11) is 3.29. The SMILES string of the molecule is COc1cc(OC)cc([C@H]2CCN(C(=O)c3ccc(C)c(N)c3)C2)c1. The van der Waals surface area contributed by atoms with Gasteiger partial charge in [0.05, 0.1) is 14.2 Å². The van der Waals surface area contributed by atoms with Gasteiger partial charge in [-0.15, -0.1) is 0 Å². The van der Waals surface area contributed by atoms with Gasteiger partial charge in [-0.25, -0.2) is 0 Å². The Morgan fingerprint density at radius 3 is 2.40 bits per heavy atom. The second-order valence-electron chi connectivity index (χ2n) is 6.45. The zero-order chi connectivity index (χ0) is 18.0. The third-order valence-corrected chi connectivity index (χ3v) is 4.85. The van der Waals surface area contributed by atoms with Crippen LogP contribution in [0.3, 0.4) is 0 Å². The molecule has 25 heavy (non-hydrogen) atoms. The van der Waals surface area contributed by atoms with E-state index in [0.29, 0.717) is 17.8 Å². The van der Waals surface area contributed by atoms with Crippen molar-refractivity contribution in [3.05, 3.63) is 53.1 Å². The minimum Gasteiger partial charge on any atom is -0.497 e. The Morgan fingerprint density at radius 2 is 1.80 bits per heavy atom. The molecule has 1 amide bonds. The molecule has 0 spiro atoms. The summed E-state index contributed by atoms with van der Waals surface area (Å²) in [5.41, 5.74) is 9.36. The van der Waals surface area contributed by atoms with Crippen molar-refractivity contribution in [2.75, 3.05) is 33.0 Å². The van der Waals surface area contributed by atoms with Crippen LogP contribution in [0.2, 0.25) is 0 Å². The molecule has 1 heterocycles. The molecule has 0 saturated carbocycles. The Morgan fingerprint density at radius 1 is 1.12 bits per heavy atom. The fraction of sp³-hybridized carbons (Fsp3) is 0.350. The number of hydrogen-bond acceptors (Lipinski definition) is 4. The van der Waals surface area contributed by atoms with Crippen molar-refractivity contribution in [1.82, 2.24) is 4.90 Å². The van der Waals surface area contributed by atoms with Gasteiger partial charge in [0.1, 0.15) is 11.5 Å². The van der Waals surface area contributed by atoms with E-state index in [1.807, 2.05) is 42.2 Å². The van der Waals surface area contributed by atoms with Gasteiger partial charge < -0.3 is 20.1 Å². The van der Waals surface area contributed by atoms with Gasteiger partial charge in [0.15, 0.2) is 0 Å². The van der Waals surface area contributed by atoms with Crippen LogP contribution in [-0.4, -0.2) is 38.1 Å². The van der Waals surface area contributed by atoms with Crippen molar-refractivity contribution in [2.24, 2.45) is 0 Å². The first-order chi connectivity index (χ1) is 12.0. The van der Waals surface area contributed by atoms with Crippen LogP contribution in [0.4, 0.5) is 5.69 Å². The molecule has 0 aromatic heterocycles. The molecule has 1 aliphatic heterocycles. The van der Waals surface area contributed by atoms with Crippen molar-refractivity contribution in [1.29, 1.82) is 0 Å². The number of carbonyl (C=O) groups excluding carboxylic acids is 1. The standard InChI is InChI=1S/C20H24N2O3/c1-13-4-5-14(10-19(13)21)20(23)22-7-6-15(12-22)16-8-17(24-2)11-18(9-16)25-3/h4-5,8-11,15H,6-7,12,21H2,1-3H3/t15-/m0/s1. The van der Waals surface area contributed by atoms with E-state index in [4.69, 9.17) is 15.2 Å². The van der Waals surface area contributed by atoms with Crippen molar-refractivity contribution in [3.63, 3.8) is 0 Å². The van der Waals surface area contributed by atoms with E-state index in [-0.39, 0.29) is 11.8 Å². The molecule has 2 aromatic rings. The van der Waals surface area contributed by atoms with Gasteiger partial charge in [0.25, 0.3) is 5.91 Å². The predicted octanol–water partition coefficient (Wildman–Crippen LogP) is 3.22. The number of ether oxygens (including phenoxy) is 2. The van der Waals surface area contributed by atoms with Crippen molar-refractivity contribution >= 4 is 11.6 Å². The summed E-state index contributed by atoms with van der Waals surface area (Å²) in [4.78, 5) is 14.6. The molecule has 132 valence electrons. The highest BCUT2D eigenvalue weighted by molar-refractivity contribution is 5.95. The summed E-state index contributed by atoms with van der Waals surface area (Å²) in [6, 6.07) is 11.4. The molecule has 2 aromatic carbocycles. The number of methoxy groups -OCH3 is 2. The molecule has 5 heteroatoms. The Hall–Kier alpha value is -2.69. The van der Waals surface area contributed by atoms with Gasteiger partial charge in [-0.3, -0.25) is 4.79 Å². The number of nitrogen functional groups attached to an aromatic ring is 1. The number of likely N-dealkylation sites (tertiary alicyclic amines) is 1. The smallest absolute Gasteiger partial charge is 0.253 e. The van der Waals surface area contributed by atoms with E-state index < -0.39 is 0 Å². The number of nitrogens with two attached hydrogens (primary N) is 1. The van der Waals surface area contributed by atoms with Gasteiger partial charge in [0, 0.05) is 36.3 Å². The lowest BCUT2D eigenvalue weighted by Crippen LogP contribution is -2.28. The summed E-state index contributed by atoms with van der Waals surface area (Å²) in [5.74, 6) is 1.84. The maximum absolute atomic E-state index is 12.8. The molecule has 0 unspecified atom stereocenters. The molecule has 1 aliphatic rings. The van der Waals surface area contributed by atoms with E-state index >= 15 is 0 Å². The monoisotopic (exact) mass is 340 g/mol. The van der Waals surface area contributed by atoms with Crippen molar-refractivity contribution < 1.29 is 14.3 Å². The van der Waals surface area contributed by atoms with Crippen LogP contribution in [0.25, 0.3) is 0 Å². The fourth-order valence-electron chi connectivity index (χ4n) is 3.24. The summed E-state index contributed by atoms with van der Waals surface area (Å²) < 4.78 is 10.7. The summed E-state index contributed by atoms with van der Waals surface area (Å²) >= 11 is 0. The molecule has 1 saturated heterocycles. The normalized spacial score (nSPS) is 16.8. The first-order valence-corrected chi connectivity index (χ1v) is 8.40. The van der Waals surface area contributed by atoms with Crippen molar-refractivity contribution in [3.8, 4) is 11.5 Å². The van der Waals surface area contributed by atoms with Crippen LogP contribution in [0.1, 0.15) is 33.8 Å². The van der Waals surface area contributed by atoms with Crippen LogP contribution in [0.15, 0.2) is 36.4 Å². The van der Waals surface area contributed by atoms with Crippen LogP contribution in [0, 0.1) is 6.92 Å². The number of amides is 1. The fourth-order valence-corrected chi connectivity index (χ4v) is 3.24. The Labute approximate surface area is 148 Å². The number of nitrogens with zero attached hydrogens (tertiary/aromatic N) is 1. The van der Waals surface area contributed by atoms with Crippen LogP contribution >= 0.6 is 0 Å². The molecule has 0 radical (unpaired) electrons. The molecule has 0 bridgehead atoms. The highest BCUT2D eigenvalue weighted by Gasteiger charge is 2.28. The molecule has 1 atom stereocenters. The first kappa shape index (κ1) is 17.1. The zero-order valence-electron chi connectivity index (χ0n) is 14.9. The second-order valence-corrected chi connectivity index (χ2v) is 6.45. The third kappa shape index (κ3) is 3.55. The highest BCUT2D eigenvalue weighted by atomic mass is 16.5. The van der Waals surface area contributed by atoms with Gasteiger partial charge in [0.2, 0.25) is 0 Å². The highest BCUT2D eigenvalue weighted by Crippen LogP contribution is 2.33.